The quantitative estimate of drug-likeness (QED) is 0.317. The van der Waals surface area contributed by atoms with E-state index >= 15 is 0 Å². The summed E-state index contributed by atoms with van der Waals surface area (Å²) in [6, 6.07) is 14.6. The molecule has 35 heavy (non-hydrogen) atoms. The van der Waals surface area contributed by atoms with Crippen LogP contribution in [0.5, 0.6) is 0 Å². The number of pyridine rings is 2. The van der Waals surface area contributed by atoms with Crippen molar-refractivity contribution < 1.29 is 4.42 Å². The zero-order valence-corrected chi connectivity index (χ0v) is 20.3. The molecule has 4 aromatic rings. The number of aromatic nitrogens is 3. The predicted octanol–water partition coefficient (Wildman–Crippen LogP) is 6.47. The van der Waals surface area contributed by atoms with Crippen LogP contribution in [-0.2, 0) is 13.0 Å². The molecule has 0 aliphatic heterocycles. The number of oxazole rings is 1. The molecule has 0 saturated carbocycles. The molecule has 3 aromatic heterocycles. The van der Waals surface area contributed by atoms with E-state index in [1.54, 1.807) is 12.4 Å². The summed E-state index contributed by atoms with van der Waals surface area (Å²) in [4.78, 5) is 13.6. The fourth-order valence-electron chi connectivity index (χ4n) is 4.26. The lowest BCUT2D eigenvalue weighted by atomic mass is 9.95. The maximum atomic E-state index is 6.09. The molecule has 0 saturated heterocycles. The topological polar surface area (TPSA) is 67.1 Å². The molecule has 176 valence electrons. The van der Waals surface area contributed by atoms with Crippen molar-refractivity contribution in [3.63, 3.8) is 0 Å². The smallest absolute Gasteiger partial charge is 0.211 e. The summed E-state index contributed by atoms with van der Waals surface area (Å²) in [5.74, 6) is 2.35. The van der Waals surface area contributed by atoms with E-state index in [1.807, 2.05) is 30.4 Å². The Hall–Kier alpha value is -4.03. The van der Waals surface area contributed by atoms with Crippen LogP contribution in [0.1, 0.15) is 36.3 Å². The van der Waals surface area contributed by atoms with E-state index in [0.717, 1.165) is 52.4 Å². The van der Waals surface area contributed by atoms with Gasteiger partial charge in [0.25, 0.3) is 0 Å². The molecule has 0 atom stereocenters. The van der Waals surface area contributed by atoms with E-state index in [1.165, 1.54) is 11.1 Å². The van der Waals surface area contributed by atoms with Crippen LogP contribution >= 0.6 is 0 Å². The number of aryl methyl sites for hydroxylation is 1. The number of hydrogen-bond donors (Lipinski definition) is 1. The minimum Gasteiger partial charge on any atom is -0.443 e. The Morgan fingerprint density at radius 2 is 1.80 bits per heavy atom. The van der Waals surface area contributed by atoms with E-state index in [0.29, 0.717) is 12.4 Å². The van der Waals surface area contributed by atoms with Crippen LogP contribution in [0, 0.1) is 6.92 Å². The molecule has 6 heteroatoms. The fraction of sp³-hybridized carbons (Fsp3) is 0.207. The molecule has 1 aromatic carbocycles. The Kier molecular flexibility index (Phi) is 6.55. The van der Waals surface area contributed by atoms with Crippen molar-refractivity contribution in [2.45, 2.75) is 33.2 Å². The number of nitrogens with one attached hydrogen (secondary N) is 1. The number of anilines is 1. The lowest BCUT2D eigenvalue weighted by Crippen LogP contribution is -2.26. The summed E-state index contributed by atoms with van der Waals surface area (Å²) >= 11 is 0. The number of benzene rings is 1. The normalized spacial score (nSPS) is 12.9. The third kappa shape index (κ3) is 5.08. The Labute approximate surface area is 206 Å². The molecule has 0 unspecified atom stereocenters. The first-order chi connectivity index (χ1) is 17.1. The molecular formula is C29H29N5O. The minimum absolute atomic E-state index is 0.498. The van der Waals surface area contributed by atoms with Gasteiger partial charge in [-0.15, -0.1) is 0 Å². The van der Waals surface area contributed by atoms with Crippen LogP contribution in [-0.4, -0.2) is 27.0 Å². The molecule has 6 nitrogen and oxygen atoms in total. The van der Waals surface area contributed by atoms with Gasteiger partial charge in [-0.2, -0.15) is 0 Å². The highest BCUT2D eigenvalue weighted by Gasteiger charge is 2.18. The van der Waals surface area contributed by atoms with Crippen molar-refractivity contribution in [1.82, 2.24) is 20.0 Å². The second-order valence-electron chi connectivity index (χ2n) is 8.75. The first-order valence-corrected chi connectivity index (χ1v) is 11.9. The van der Waals surface area contributed by atoms with Gasteiger partial charge in [-0.3, -0.25) is 4.98 Å². The van der Waals surface area contributed by atoms with Crippen LogP contribution in [0.4, 0.5) is 5.82 Å². The summed E-state index contributed by atoms with van der Waals surface area (Å²) in [5.41, 5.74) is 11.2. The number of rotatable bonds is 7. The Bertz CT molecular complexity index is 1370. The summed E-state index contributed by atoms with van der Waals surface area (Å²) in [7, 11) is 1.97. The SMILES string of the molecule is CCC1=Cc2nc(CN(C)Nc3nccc(-c4ccc(C)cc4)c3-c3ccncc3)oc2CC=C1. The maximum Gasteiger partial charge on any atom is 0.211 e. The van der Waals surface area contributed by atoms with Crippen molar-refractivity contribution in [3.8, 4) is 22.3 Å². The average molecular weight is 464 g/mol. The van der Waals surface area contributed by atoms with Gasteiger partial charge in [-0.1, -0.05) is 48.9 Å². The van der Waals surface area contributed by atoms with Gasteiger partial charge >= 0.3 is 0 Å². The number of nitrogens with zero attached hydrogens (tertiary/aromatic N) is 4. The molecule has 5 rings (SSSR count). The zero-order valence-electron chi connectivity index (χ0n) is 20.3. The van der Waals surface area contributed by atoms with Gasteiger partial charge < -0.3 is 9.84 Å². The standard InChI is InChI=1S/C29H29N5O/c1-4-21-6-5-7-26-25(18-21)32-27(35-26)19-34(3)33-29-28(23-12-15-30-16-13-23)24(14-17-31-29)22-10-8-20(2)9-11-22/h5-6,8-18H,4,7,19H2,1-3H3,(H,31,33). The van der Waals surface area contributed by atoms with Crippen molar-refractivity contribution >= 4 is 11.9 Å². The minimum atomic E-state index is 0.498. The highest BCUT2D eigenvalue weighted by Crippen LogP contribution is 2.36. The van der Waals surface area contributed by atoms with E-state index in [-0.39, 0.29) is 0 Å². The van der Waals surface area contributed by atoms with E-state index < -0.39 is 0 Å². The lowest BCUT2D eigenvalue weighted by Gasteiger charge is -2.21. The third-order valence-corrected chi connectivity index (χ3v) is 6.09. The van der Waals surface area contributed by atoms with E-state index in [9.17, 15) is 0 Å². The van der Waals surface area contributed by atoms with Gasteiger partial charge in [-0.25, -0.2) is 15.0 Å². The van der Waals surface area contributed by atoms with Gasteiger partial charge in [0, 0.05) is 37.6 Å². The Balaban J connectivity index is 1.44. The zero-order chi connectivity index (χ0) is 24.2. The van der Waals surface area contributed by atoms with Crippen LogP contribution in [0.2, 0.25) is 0 Å². The number of hydrogen-bond acceptors (Lipinski definition) is 6. The highest BCUT2D eigenvalue weighted by molar-refractivity contribution is 5.90. The molecule has 1 aliphatic carbocycles. The largest absolute Gasteiger partial charge is 0.443 e. The van der Waals surface area contributed by atoms with Crippen molar-refractivity contribution in [2.24, 2.45) is 0 Å². The number of fused-ring (bicyclic) bond motifs is 1. The first kappa shape index (κ1) is 22.7. The molecule has 0 spiro atoms. The maximum absolute atomic E-state index is 6.09. The predicted molar refractivity (Wildman–Crippen MR) is 140 cm³/mol. The van der Waals surface area contributed by atoms with Crippen LogP contribution in [0.15, 0.2) is 83.2 Å². The van der Waals surface area contributed by atoms with E-state index in [4.69, 9.17) is 14.4 Å². The number of allylic oxidation sites excluding steroid dienone is 3. The van der Waals surface area contributed by atoms with Crippen LogP contribution in [0.25, 0.3) is 28.3 Å². The molecule has 1 N–H and O–H groups in total. The second kappa shape index (κ2) is 10.1. The summed E-state index contributed by atoms with van der Waals surface area (Å²) in [5, 5.41) is 1.96. The van der Waals surface area contributed by atoms with Gasteiger partial charge in [0.2, 0.25) is 5.89 Å². The van der Waals surface area contributed by atoms with Gasteiger partial charge in [0.05, 0.1) is 6.54 Å². The van der Waals surface area contributed by atoms with Crippen LogP contribution in [0.3, 0.4) is 0 Å². The van der Waals surface area contributed by atoms with Gasteiger partial charge in [0.1, 0.15) is 17.3 Å². The molecular weight excluding hydrogens is 434 g/mol. The molecule has 0 amide bonds. The molecule has 1 aliphatic rings. The first-order valence-electron chi connectivity index (χ1n) is 11.9. The van der Waals surface area contributed by atoms with Crippen molar-refractivity contribution in [3.05, 3.63) is 102 Å². The molecule has 0 bridgehead atoms. The monoisotopic (exact) mass is 463 g/mol. The van der Waals surface area contributed by atoms with Crippen LogP contribution < -0.4 is 5.43 Å². The summed E-state index contributed by atoms with van der Waals surface area (Å²) < 4.78 is 6.09. The second-order valence-corrected chi connectivity index (χ2v) is 8.75. The van der Waals surface area contributed by atoms with Crippen molar-refractivity contribution in [1.29, 1.82) is 0 Å². The Morgan fingerprint density at radius 3 is 2.57 bits per heavy atom. The molecule has 0 radical (unpaired) electrons. The molecule has 0 fully saturated rings. The average Bonchev–Trinajstić information content (AvgIpc) is 3.13. The highest BCUT2D eigenvalue weighted by atomic mass is 16.4. The van der Waals surface area contributed by atoms with Crippen molar-refractivity contribution in [2.75, 3.05) is 12.5 Å². The molecule has 3 heterocycles. The van der Waals surface area contributed by atoms with E-state index in [2.05, 4.69) is 72.8 Å². The number of hydrazine groups is 1. The van der Waals surface area contributed by atoms with Gasteiger partial charge in [0.15, 0.2) is 0 Å². The fourth-order valence-corrected chi connectivity index (χ4v) is 4.26. The summed E-state index contributed by atoms with van der Waals surface area (Å²) in [6.07, 6.45) is 13.6. The lowest BCUT2D eigenvalue weighted by molar-refractivity contribution is 0.329. The van der Waals surface area contributed by atoms with Gasteiger partial charge in [-0.05, 0) is 59.9 Å². The Morgan fingerprint density at radius 1 is 1.00 bits per heavy atom. The summed E-state index contributed by atoms with van der Waals surface area (Å²) in [6.45, 7) is 4.75. The third-order valence-electron chi connectivity index (χ3n) is 6.09.